The Hall–Kier alpha value is -6.00. The zero-order valence-corrected chi connectivity index (χ0v) is 80.1. The molecule has 0 fully saturated rings. The highest BCUT2D eigenvalue weighted by molar-refractivity contribution is 7.28. The standard InChI is InChI=1S/C12H18.2C10H12N2S.2C10H12S2.C8H9N3S.C8H12S.C6H6N2S2.C6H9NS.C4H6N2S/c1-7-8(2)10(4)12(6)11(5)9(7)3;1-5-6(2)8(4)10-9(7(5)3)11-12-13-10;1-5-6(2)8(4)10-9(7(5)3)11-13-12-10;1-5-7(3)11-10-6(2)8(4)12-9(5)10;1-5-6(2)12-10-8(4)11-7(3)9(5)10;1-4-5(2)9-6(3)8-7(4)10-12-11-8;1-5-6(2)8(4)9-7(5)3;1-3-7-5-6(9-3)8-4(2)10-5;1-4-5(2)8-6(3)7-4;1-3-5-6-4(2)7-3/h1-6H3;2*1-4H3;2*1-4H3;1-3H3;1-4H3;1-2H3;1-3H3;1-2H3. The molecule has 16 aromatic rings. The molecule has 576 valence electrons. The van der Waals surface area contributed by atoms with Crippen molar-refractivity contribution in [2.75, 3.05) is 0 Å². The number of nitrogens with zero attached hydrogens (tertiary/aromatic N) is 12. The summed E-state index contributed by atoms with van der Waals surface area (Å²) < 4.78 is 26.8. The second kappa shape index (κ2) is 38.5. The quantitative estimate of drug-likeness (QED) is 0.142. The van der Waals surface area contributed by atoms with Gasteiger partial charge in [0, 0.05) is 64.2 Å². The Morgan fingerprint density at radius 2 is 0.537 bits per heavy atom. The maximum absolute atomic E-state index is 4.38. The summed E-state index contributed by atoms with van der Waals surface area (Å²) in [6, 6.07) is 0. The summed E-state index contributed by atoms with van der Waals surface area (Å²) >= 11 is 20.4. The zero-order valence-electron chi connectivity index (χ0n) is 70.3. The van der Waals surface area contributed by atoms with E-state index in [9.17, 15) is 0 Å². The number of aryl methyl sites for hydroxylation is 24. The van der Waals surface area contributed by atoms with Crippen LogP contribution in [0, 0.1) is 249 Å². The molecule has 0 amide bonds. The highest BCUT2D eigenvalue weighted by Crippen LogP contribution is 2.41. The van der Waals surface area contributed by atoms with Crippen molar-refractivity contribution >= 4 is 198 Å². The molecular weight excluding hydrogens is 1560 g/mol. The van der Waals surface area contributed by atoms with Gasteiger partial charge in [-0.25, -0.2) is 15.0 Å². The summed E-state index contributed by atoms with van der Waals surface area (Å²) in [5.41, 5.74) is 36.2. The molecule has 13 aromatic heterocycles. The maximum atomic E-state index is 4.38. The molecule has 0 N–H and O–H groups in total. The van der Waals surface area contributed by atoms with Crippen molar-refractivity contribution < 1.29 is 0 Å². The van der Waals surface area contributed by atoms with Crippen LogP contribution in [0.1, 0.15) is 192 Å². The number of fused-ring (bicyclic) bond motifs is 6. The molecule has 0 bridgehead atoms. The molecule has 0 aliphatic carbocycles. The minimum Gasteiger partial charge on any atom is -0.256 e. The van der Waals surface area contributed by atoms with Gasteiger partial charge in [-0.05, 0) is 372 Å². The Bertz CT molecular complexity index is 5370. The number of thiophene rings is 5. The third kappa shape index (κ3) is 20.8. The van der Waals surface area contributed by atoms with Crippen LogP contribution in [0.25, 0.3) is 61.4 Å². The number of hydrogen-bond donors (Lipinski definition) is 0. The molecule has 3 aromatic carbocycles. The van der Waals surface area contributed by atoms with E-state index in [1.54, 1.807) is 45.3 Å². The van der Waals surface area contributed by atoms with Gasteiger partial charge in [0.05, 0.1) is 54.6 Å². The molecule has 16 rings (SSSR count). The van der Waals surface area contributed by atoms with E-state index in [1.807, 2.05) is 119 Å². The molecule has 0 aliphatic heterocycles. The van der Waals surface area contributed by atoms with Crippen molar-refractivity contribution in [3.05, 3.63) is 192 Å². The third-order valence-corrected chi connectivity index (χ3v) is 32.9. The smallest absolute Gasteiger partial charge is 0.155 e. The highest BCUT2D eigenvalue weighted by Gasteiger charge is 2.17. The first-order valence-corrected chi connectivity index (χ1v) is 45.4. The Labute approximate surface area is 690 Å². The average molecular weight is 1670 g/mol. The van der Waals surface area contributed by atoms with Gasteiger partial charge >= 0.3 is 0 Å². The predicted molar refractivity (Wildman–Crippen MR) is 488 cm³/mol. The van der Waals surface area contributed by atoms with Crippen LogP contribution in [0.2, 0.25) is 0 Å². The first kappa shape index (κ1) is 89.2. The van der Waals surface area contributed by atoms with Gasteiger partial charge in [0.25, 0.3) is 0 Å². The Morgan fingerprint density at radius 1 is 0.185 bits per heavy atom. The number of benzene rings is 3. The molecule has 0 spiro atoms. The molecular formula is C84H108N12S12. The van der Waals surface area contributed by atoms with Crippen molar-refractivity contribution in [2.45, 2.75) is 249 Å². The van der Waals surface area contributed by atoms with Crippen LogP contribution in [0.15, 0.2) is 0 Å². The lowest BCUT2D eigenvalue weighted by Crippen LogP contribution is -1.98. The first-order valence-electron chi connectivity index (χ1n) is 35.8. The fraction of sp³-hybridized carbons (Fsp3) is 0.429. The lowest BCUT2D eigenvalue weighted by atomic mass is 9.90. The van der Waals surface area contributed by atoms with Gasteiger partial charge in [0.15, 0.2) is 9.66 Å². The molecule has 0 radical (unpaired) electrons. The third-order valence-electron chi connectivity index (χ3n) is 20.9. The van der Waals surface area contributed by atoms with E-state index in [0.29, 0.717) is 0 Å². The van der Waals surface area contributed by atoms with Crippen LogP contribution in [0.3, 0.4) is 0 Å². The largest absolute Gasteiger partial charge is 0.256 e. The van der Waals surface area contributed by atoms with Crippen LogP contribution in [0.5, 0.6) is 0 Å². The average Bonchev–Trinajstić information content (AvgIpc) is 1.58. The molecule has 0 saturated carbocycles. The topological polar surface area (TPSA) is 155 Å². The minimum absolute atomic E-state index is 0.947. The van der Waals surface area contributed by atoms with E-state index >= 15 is 0 Å². The van der Waals surface area contributed by atoms with Gasteiger partial charge in [-0.2, -0.15) is 17.5 Å². The van der Waals surface area contributed by atoms with E-state index in [0.717, 1.165) is 74.2 Å². The summed E-state index contributed by atoms with van der Waals surface area (Å²) in [5, 5.41) is 18.7. The SMILES string of the molecule is Cc1c(C)c(C)c(C)c(C)c1C.Cc1c(C)c(C)c2nsnc2c1C.Cc1c(C)c(C)c2snnc2c1C.Cc1nc(C)c(C)s1.Cc1nc(C)c2nsnc2c1C.Cc1nc2sc(C)nc2s1.Cc1nnc(C)s1.Cc1sc(C)c(C)c1C.Cc1sc2c(C)c(C)sc2c1C.Cc1sc2c(C)sc(C)c2c1C. The molecule has 0 saturated heterocycles. The summed E-state index contributed by atoms with van der Waals surface area (Å²) in [7, 11) is 0. The van der Waals surface area contributed by atoms with Gasteiger partial charge in [0.1, 0.15) is 37.6 Å². The molecule has 12 nitrogen and oxygen atoms in total. The van der Waals surface area contributed by atoms with Gasteiger partial charge in [-0.15, -0.1) is 94.7 Å². The Balaban J connectivity index is 0.000000168. The summed E-state index contributed by atoms with van der Waals surface area (Å²) in [6.07, 6.45) is 0. The summed E-state index contributed by atoms with van der Waals surface area (Å²) in [5.74, 6) is 0. The minimum atomic E-state index is 0.947. The van der Waals surface area contributed by atoms with Crippen LogP contribution in [-0.4, -0.2) is 57.2 Å². The molecule has 0 unspecified atom stereocenters. The van der Waals surface area contributed by atoms with Crippen molar-refractivity contribution in [2.24, 2.45) is 0 Å². The summed E-state index contributed by atoms with van der Waals surface area (Å²) in [6.45, 7) is 77.0. The van der Waals surface area contributed by atoms with E-state index in [4.69, 9.17) is 0 Å². The van der Waals surface area contributed by atoms with Crippen LogP contribution in [-0.2, 0) is 0 Å². The number of aromatic nitrogens is 12. The fourth-order valence-electron chi connectivity index (χ4n) is 11.9. The van der Waals surface area contributed by atoms with Crippen LogP contribution in [0.4, 0.5) is 0 Å². The van der Waals surface area contributed by atoms with E-state index < -0.39 is 0 Å². The normalized spacial score (nSPS) is 10.8. The number of thiazole rings is 3. The van der Waals surface area contributed by atoms with Crippen molar-refractivity contribution in [3.8, 4) is 0 Å². The van der Waals surface area contributed by atoms with Crippen molar-refractivity contribution in [1.29, 1.82) is 0 Å². The maximum Gasteiger partial charge on any atom is 0.155 e. The predicted octanol–water partition coefficient (Wildman–Crippen LogP) is 28.4. The monoisotopic (exact) mass is 1670 g/mol. The molecule has 0 aliphatic rings. The van der Waals surface area contributed by atoms with Crippen LogP contribution < -0.4 is 0 Å². The number of rotatable bonds is 0. The molecule has 108 heavy (non-hydrogen) atoms. The Morgan fingerprint density at radius 3 is 0.898 bits per heavy atom. The van der Waals surface area contributed by atoms with E-state index in [2.05, 4.69) is 244 Å². The van der Waals surface area contributed by atoms with E-state index in [1.165, 1.54) is 215 Å². The second-order valence-electron chi connectivity index (χ2n) is 27.7. The number of hydrogen-bond acceptors (Lipinski definition) is 24. The first-order chi connectivity index (χ1) is 50.5. The van der Waals surface area contributed by atoms with Gasteiger partial charge < -0.3 is 0 Å². The Kier molecular flexibility index (Phi) is 31.8. The lowest BCUT2D eigenvalue weighted by molar-refractivity contribution is 1.02. The fourth-order valence-corrected chi connectivity index (χ4v) is 23.3. The van der Waals surface area contributed by atoms with Gasteiger partial charge in [-0.3, -0.25) is 4.98 Å². The highest BCUT2D eigenvalue weighted by atomic mass is 32.1. The van der Waals surface area contributed by atoms with Gasteiger partial charge in [-0.1, -0.05) is 27.2 Å². The van der Waals surface area contributed by atoms with E-state index in [-0.39, 0.29) is 0 Å². The zero-order chi connectivity index (χ0) is 80.7. The number of pyridine rings is 1. The van der Waals surface area contributed by atoms with Crippen LogP contribution >= 0.6 is 137 Å². The molecule has 13 heterocycles. The van der Waals surface area contributed by atoms with Crippen molar-refractivity contribution in [3.63, 3.8) is 0 Å². The molecule has 24 heteroatoms. The summed E-state index contributed by atoms with van der Waals surface area (Å²) in [4.78, 5) is 31.0. The van der Waals surface area contributed by atoms with Gasteiger partial charge in [0.2, 0.25) is 0 Å². The van der Waals surface area contributed by atoms with Crippen molar-refractivity contribution in [1.82, 2.24) is 57.2 Å². The second-order valence-corrected chi connectivity index (χ2v) is 41.2. The molecule has 0 atom stereocenters. The lowest BCUT2D eigenvalue weighted by Gasteiger charge is -2.15.